The van der Waals surface area contributed by atoms with Crippen molar-refractivity contribution in [2.45, 2.75) is 0 Å². The van der Waals surface area contributed by atoms with Crippen molar-refractivity contribution in [2.24, 2.45) is 5.10 Å². The predicted molar refractivity (Wildman–Crippen MR) is 73.1 cm³/mol. The Morgan fingerprint density at radius 3 is 2.62 bits per heavy atom. The monoisotopic (exact) mass is 282 g/mol. The Kier molecular flexibility index (Phi) is 3.55. The smallest absolute Gasteiger partial charge is 0.379 e. The molecule has 104 valence electrons. The van der Waals surface area contributed by atoms with E-state index in [1.165, 1.54) is 23.6 Å². The lowest BCUT2D eigenvalue weighted by Gasteiger charge is -2.02. The molecule has 0 unspecified atom stereocenters. The maximum absolute atomic E-state index is 11.7. The van der Waals surface area contributed by atoms with E-state index >= 15 is 0 Å². The molecule has 3 rings (SSSR count). The third kappa shape index (κ3) is 3.21. The number of ether oxygens (including phenoxy) is 1. The van der Waals surface area contributed by atoms with Crippen molar-refractivity contribution in [1.82, 2.24) is 14.9 Å². The van der Waals surface area contributed by atoms with E-state index in [1.54, 1.807) is 42.6 Å². The van der Waals surface area contributed by atoms with Gasteiger partial charge in [0, 0.05) is 0 Å². The topological polar surface area (TPSA) is 82.5 Å². The van der Waals surface area contributed by atoms with Crippen LogP contribution < -0.4 is 4.74 Å². The number of carbonyl (C=O) groups excluding carboxylic acids is 1. The fraction of sp³-hybridized carbons (Fsp3) is 0. The van der Waals surface area contributed by atoms with Gasteiger partial charge in [0.25, 0.3) is 0 Å². The maximum atomic E-state index is 11.7. The lowest BCUT2D eigenvalue weighted by Crippen LogP contribution is -2.06. The van der Waals surface area contributed by atoms with E-state index in [0.29, 0.717) is 5.75 Å². The summed E-state index contributed by atoms with van der Waals surface area (Å²) in [5.74, 6) is 0.0528. The minimum absolute atomic E-state index is 0.160. The molecule has 0 aliphatic heterocycles. The molecule has 0 fully saturated rings. The molecule has 0 amide bonds. The first-order valence-electron chi connectivity index (χ1n) is 6.06. The summed E-state index contributed by atoms with van der Waals surface area (Å²) >= 11 is 0. The quantitative estimate of drug-likeness (QED) is 0.415. The number of hydrogen-bond acceptors (Lipinski definition) is 6. The molecular weight excluding hydrogens is 272 g/mol. The number of carbonyl (C=O) groups is 1. The highest BCUT2D eigenvalue weighted by Gasteiger charge is 2.10. The average molecular weight is 282 g/mol. The molecule has 0 N–H and O–H groups in total. The lowest BCUT2D eigenvalue weighted by atomic mass is 10.2. The van der Waals surface area contributed by atoms with Crippen LogP contribution in [0.4, 0.5) is 0 Å². The molecule has 0 spiro atoms. The molecule has 7 nitrogen and oxygen atoms in total. The number of hydrogen-bond donors (Lipinski definition) is 0. The van der Waals surface area contributed by atoms with Crippen molar-refractivity contribution < 1.29 is 13.9 Å². The first-order chi connectivity index (χ1) is 10.3. The molecule has 0 bridgehead atoms. The van der Waals surface area contributed by atoms with E-state index < -0.39 is 5.97 Å². The largest absolute Gasteiger partial charge is 0.457 e. The van der Waals surface area contributed by atoms with Crippen LogP contribution in [0.2, 0.25) is 0 Å². The van der Waals surface area contributed by atoms with Gasteiger partial charge in [-0.25, -0.2) is 9.47 Å². The van der Waals surface area contributed by atoms with Gasteiger partial charge in [0.15, 0.2) is 0 Å². The van der Waals surface area contributed by atoms with Crippen molar-refractivity contribution in [3.8, 4) is 5.75 Å². The molecule has 0 radical (unpaired) electrons. The van der Waals surface area contributed by atoms with Crippen molar-refractivity contribution in [1.29, 1.82) is 0 Å². The minimum atomic E-state index is -0.536. The highest BCUT2D eigenvalue weighted by Crippen LogP contribution is 2.13. The molecule has 0 saturated heterocycles. The maximum Gasteiger partial charge on any atom is 0.379 e. The summed E-state index contributed by atoms with van der Waals surface area (Å²) in [7, 11) is 0. The summed E-state index contributed by atoms with van der Waals surface area (Å²) in [5, 5.41) is 11.4. The summed E-state index contributed by atoms with van der Waals surface area (Å²) < 4.78 is 11.6. The molecular formula is C14H10N4O3. The Bertz CT molecular complexity index is 731. The zero-order valence-corrected chi connectivity index (χ0v) is 10.8. The predicted octanol–water partition coefficient (Wildman–Crippen LogP) is 1.97. The van der Waals surface area contributed by atoms with Gasteiger partial charge in [0.2, 0.25) is 5.76 Å². The van der Waals surface area contributed by atoms with E-state index in [4.69, 9.17) is 9.15 Å². The van der Waals surface area contributed by atoms with Gasteiger partial charge >= 0.3 is 5.97 Å². The second kappa shape index (κ2) is 5.83. The molecule has 1 aromatic carbocycles. The summed E-state index contributed by atoms with van der Waals surface area (Å²) in [6.07, 6.45) is 6.02. The van der Waals surface area contributed by atoms with Crippen LogP contribution in [-0.4, -0.2) is 27.1 Å². The molecule has 0 aliphatic rings. The van der Waals surface area contributed by atoms with Gasteiger partial charge in [-0.1, -0.05) is 0 Å². The Morgan fingerprint density at radius 1 is 1.19 bits per heavy atom. The number of benzene rings is 1. The minimum Gasteiger partial charge on any atom is -0.457 e. The number of esters is 1. The van der Waals surface area contributed by atoms with E-state index in [9.17, 15) is 4.79 Å². The molecule has 3 aromatic rings. The highest BCUT2D eigenvalue weighted by atomic mass is 16.5. The molecule has 0 saturated carbocycles. The first-order valence-corrected chi connectivity index (χ1v) is 6.06. The van der Waals surface area contributed by atoms with Crippen molar-refractivity contribution in [3.05, 3.63) is 66.6 Å². The normalized spacial score (nSPS) is 10.9. The van der Waals surface area contributed by atoms with Crippen LogP contribution in [-0.2, 0) is 0 Å². The first kappa shape index (κ1) is 12.8. The molecule has 2 aromatic heterocycles. The Morgan fingerprint density at radius 2 is 1.95 bits per heavy atom. The number of furan rings is 1. The zero-order chi connectivity index (χ0) is 14.5. The second-order valence-electron chi connectivity index (χ2n) is 4.02. The van der Waals surface area contributed by atoms with Crippen LogP contribution in [0.1, 0.15) is 16.1 Å². The molecule has 7 heteroatoms. The second-order valence-corrected chi connectivity index (χ2v) is 4.02. The molecule has 0 atom stereocenters. The van der Waals surface area contributed by atoms with Crippen molar-refractivity contribution in [3.63, 3.8) is 0 Å². The highest BCUT2D eigenvalue weighted by molar-refractivity contribution is 5.88. The van der Waals surface area contributed by atoms with Crippen LogP contribution in [0.3, 0.4) is 0 Å². The van der Waals surface area contributed by atoms with Crippen LogP contribution in [0.5, 0.6) is 5.75 Å². The lowest BCUT2D eigenvalue weighted by molar-refractivity contribution is 0.0701. The zero-order valence-electron chi connectivity index (χ0n) is 10.8. The van der Waals surface area contributed by atoms with Gasteiger partial charge < -0.3 is 9.15 Å². The number of rotatable bonds is 4. The summed E-state index contributed by atoms with van der Waals surface area (Å²) in [6.45, 7) is 0. The fourth-order valence-electron chi connectivity index (χ4n) is 1.56. The van der Waals surface area contributed by atoms with Crippen LogP contribution >= 0.6 is 0 Å². The van der Waals surface area contributed by atoms with E-state index in [0.717, 1.165) is 5.56 Å². The van der Waals surface area contributed by atoms with Gasteiger partial charge in [-0.15, -0.1) is 10.2 Å². The van der Waals surface area contributed by atoms with Crippen molar-refractivity contribution >= 4 is 12.2 Å². The molecule has 2 heterocycles. The van der Waals surface area contributed by atoms with Gasteiger partial charge in [-0.3, -0.25) is 0 Å². The Balaban J connectivity index is 1.65. The summed E-state index contributed by atoms with van der Waals surface area (Å²) in [6, 6.07) is 10.1. The van der Waals surface area contributed by atoms with E-state index in [-0.39, 0.29) is 5.76 Å². The Labute approximate surface area is 119 Å². The third-order valence-corrected chi connectivity index (χ3v) is 2.56. The SMILES string of the molecule is O=C(Oc1ccc(C=Nn2cnnc2)cc1)c1ccco1. The van der Waals surface area contributed by atoms with Crippen LogP contribution in [0, 0.1) is 0 Å². The standard InChI is InChI=1S/C14H10N4O3/c19-14(13-2-1-7-20-13)21-12-5-3-11(4-6-12)8-17-18-9-15-16-10-18/h1-10H. The van der Waals surface area contributed by atoms with Gasteiger partial charge in [-0.2, -0.15) is 5.10 Å². The number of aromatic nitrogens is 3. The van der Waals surface area contributed by atoms with Crippen LogP contribution in [0.25, 0.3) is 0 Å². The van der Waals surface area contributed by atoms with Crippen molar-refractivity contribution in [2.75, 3.05) is 0 Å². The molecule has 0 aliphatic carbocycles. The fourth-order valence-corrected chi connectivity index (χ4v) is 1.56. The summed E-state index contributed by atoms with van der Waals surface area (Å²) in [4.78, 5) is 11.7. The molecule has 21 heavy (non-hydrogen) atoms. The Hall–Kier alpha value is -3.22. The third-order valence-electron chi connectivity index (χ3n) is 2.56. The van der Waals surface area contributed by atoms with Gasteiger partial charge in [-0.05, 0) is 42.0 Å². The van der Waals surface area contributed by atoms with Gasteiger partial charge in [0.1, 0.15) is 18.4 Å². The van der Waals surface area contributed by atoms with Crippen LogP contribution in [0.15, 0.2) is 64.8 Å². The number of nitrogens with zero attached hydrogens (tertiary/aromatic N) is 4. The average Bonchev–Trinajstić information content (AvgIpc) is 3.20. The summed E-state index contributed by atoms with van der Waals surface area (Å²) in [5.41, 5.74) is 0.849. The van der Waals surface area contributed by atoms with E-state index in [2.05, 4.69) is 15.3 Å². The van der Waals surface area contributed by atoms with Gasteiger partial charge in [0.05, 0.1) is 12.5 Å². The van der Waals surface area contributed by atoms with E-state index in [1.807, 2.05) is 0 Å².